The van der Waals surface area contributed by atoms with Gasteiger partial charge in [-0.3, -0.25) is 0 Å². The number of halogens is 1. The quantitative estimate of drug-likeness (QED) is 0.709. The molecule has 1 rings (SSSR count). The maximum Gasteiger partial charge on any atom is 0.153 e. The summed E-state index contributed by atoms with van der Waals surface area (Å²) in [4.78, 5) is 0. The first-order valence-electron chi connectivity index (χ1n) is 3.39. The molecule has 64 valence electrons. The molecule has 0 aliphatic rings. The van der Waals surface area contributed by atoms with Gasteiger partial charge in [-0.15, -0.1) is 10.2 Å². The van der Waals surface area contributed by atoms with Gasteiger partial charge in [0.2, 0.25) is 0 Å². The number of nitrogen functional groups attached to an aromatic ring is 1. The lowest BCUT2D eigenvalue weighted by Gasteiger charge is -1.97. The fraction of sp³-hybridized carbons (Fsp3) is 0.143. The molecule has 0 aliphatic heterocycles. The van der Waals surface area contributed by atoms with E-state index in [2.05, 4.69) is 10.2 Å². The van der Waals surface area contributed by atoms with Crippen molar-refractivity contribution >= 4 is 23.5 Å². The lowest BCUT2D eigenvalue weighted by molar-refractivity contribution is 1.04. The minimum Gasteiger partial charge on any atom is -0.382 e. The fourth-order valence-electron chi connectivity index (χ4n) is 0.719. The van der Waals surface area contributed by atoms with E-state index in [1.54, 1.807) is 18.2 Å². The molecule has 1 aromatic rings. The molecule has 0 aliphatic carbocycles. The van der Waals surface area contributed by atoms with E-state index < -0.39 is 0 Å². The highest BCUT2D eigenvalue weighted by molar-refractivity contribution is 6.29. The van der Waals surface area contributed by atoms with Gasteiger partial charge in [-0.05, 0) is 6.07 Å². The lowest BCUT2D eigenvalue weighted by atomic mass is 10.2. The van der Waals surface area contributed by atoms with Crippen molar-refractivity contribution in [3.63, 3.8) is 0 Å². The second-order valence-corrected chi connectivity index (χ2v) is 2.53. The van der Waals surface area contributed by atoms with Crippen LogP contribution < -0.4 is 11.5 Å². The fourth-order valence-corrected chi connectivity index (χ4v) is 0.874. The molecule has 5 heteroatoms. The summed E-state index contributed by atoms with van der Waals surface area (Å²) in [5.41, 5.74) is 11.5. The molecule has 0 bridgehead atoms. The zero-order valence-electron chi connectivity index (χ0n) is 6.37. The van der Waals surface area contributed by atoms with Gasteiger partial charge >= 0.3 is 0 Å². The Morgan fingerprint density at radius 3 is 2.92 bits per heavy atom. The molecular formula is C7H9ClN4. The Bertz CT molecular complexity index is 297. The van der Waals surface area contributed by atoms with E-state index in [9.17, 15) is 0 Å². The van der Waals surface area contributed by atoms with Gasteiger partial charge in [-0.25, -0.2) is 0 Å². The van der Waals surface area contributed by atoms with Crippen LogP contribution >= 0.6 is 11.6 Å². The molecule has 1 heterocycles. The zero-order valence-corrected chi connectivity index (χ0v) is 7.12. The number of hydrogen-bond acceptors (Lipinski definition) is 4. The Labute approximate surface area is 75.2 Å². The van der Waals surface area contributed by atoms with E-state index >= 15 is 0 Å². The van der Waals surface area contributed by atoms with Crippen molar-refractivity contribution in [2.75, 3.05) is 12.3 Å². The smallest absolute Gasteiger partial charge is 0.153 e. The minimum absolute atomic E-state index is 0.320. The predicted molar refractivity (Wildman–Crippen MR) is 49.5 cm³/mol. The molecule has 4 N–H and O–H groups in total. The number of rotatable bonds is 2. The summed E-state index contributed by atoms with van der Waals surface area (Å²) in [7, 11) is 0. The van der Waals surface area contributed by atoms with Gasteiger partial charge in [-0.2, -0.15) is 0 Å². The van der Waals surface area contributed by atoms with Crippen LogP contribution in [0.5, 0.6) is 0 Å². The molecular weight excluding hydrogens is 176 g/mol. The molecule has 12 heavy (non-hydrogen) atoms. The summed E-state index contributed by atoms with van der Waals surface area (Å²) >= 11 is 5.60. The normalized spacial score (nSPS) is 10.8. The summed E-state index contributed by atoms with van der Waals surface area (Å²) in [5.74, 6) is 0.351. The molecule has 0 unspecified atom stereocenters. The molecule has 4 nitrogen and oxygen atoms in total. The highest BCUT2D eigenvalue weighted by atomic mass is 35.5. The van der Waals surface area contributed by atoms with Gasteiger partial charge < -0.3 is 11.5 Å². The van der Waals surface area contributed by atoms with Gasteiger partial charge in [0.1, 0.15) is 0 Å². The van der Waals surface area contributed by atoms with E-state index in [0.29, 0.717) is 17.5 Å². The largest absolute Gasteiger partial charge is 0.382 e. The van der Waals surface area contributed by atoms with Gasteiger partial charge in [0.05, 0.1) is 0 Å². The molecule has 0 saturated carbocycles. The van der Waals surface area contributed by atoms with Gasteiger partial charge in [0.15, 0.2) is 11.0 Å². The number of nitrogens with zero attached hydrogens (tertiary/aromatic N) is 2. The average molecular weight is 185 g/mol. The van der Waals surface area contributed by atoms with Crippen LogP contribution in [-0.4, -0.2) is 16.7 Å². The molecule has 0 aromatic carbocycles. The van der Waals surface area contributed by atoms with E-state index in [4.69, 9.17) is 23.1 Å². The Kier molecular flexibility index (Phi) is 3.01. The van der Waals surface area contributed by atoms with Crippen molar-refractivity contribution in [2.24, 2.45) is 5.73 Å². The molecule has 0 fully saturated rings. The maximum atomic E-state index is 5.60. The maximum absolute atomic E-state index is 5.60. The summed E-state index contributed by atoms with van der Waals surface area (Å²) < 4.78 is 0. The van der Waals surface area contributed by atoms with Crippen molar-refractivity contribution in [3.05, 3.63) is 22.9 Å². The molecule has 1 aromatic heterocycles. The van der Waals surface area contributed by atoms with E-state index in [1.165, 1.54) is 0 Å². The third-order valence-corrected chi connectivity index (χ3v) is 1.44. The summed E-state index contributed by atoms with van der Waals surface area (Å²) in [6, 6.07) is 1.63. The van der Waals surface area contributed by atoms with Crippen LogP contribution in [0.4, 0.5) is 5.82 Å². The molecule has 0 spiro atoms. The lowest BCUT2D eigenvalue weighted by Crippen LogP contribution is -1.97. The van der Waals surface area contributed by atoms with Crippen molar-refractivity contribution in [1.29, 1.82) is 0 Å². The Balaban J connectivity index is 2.97. The van der Waals surface area contributed by atoms with Gasteiger partial charge in [0, 0.05) is 12.1 Å². The van der Waals surface area contributed by atoms with Crippen LogP contribution in [0.3, 0.4) is 0 Å². The van der Waals surface area contributed by atoms with Crippen molar-refractivity contribution in [2.45, 2.75) is 0 Å². The van der Waals surface area contributed by atoms with Crippen LogP contribution in [0.25, 0.3) is 6.08 Å². The van der Waals surface area contributed by atoms with Crippen molar-refractivity contribution < 1.29 is 0 Å². The second kappa shape index (κ2) is 4.04. The second-order valence-electron chi connectivity index (χ2n) is 2.15. The van der Waals surface area contributed by atoms with Crippen molar-refractivity contribution in [1.82, 2.24) is 10.2 Å². The standard InChI is InChI=1S/C7H9ClN4/c8-6-4-5(2-1-3-9)7(10)12-11-6/h1-2,4H,3,9H2,(H2,10,12). The summed E-state index contributed by atoms with van der Waals surface area (Å²) in [5, 5.41) is 7.53. The third-order valence-electron chi connectivity index (χ3n) is 1.26. The number of aromatic nitrogens is 2. The number of hydrogen-bond donors (Lipinski definition) is 2. The first-order chi connectivity index (χ1) is 5.74. The SMILES string of the molecule is NCC=Cc1cc(Cl)nnc1N. The molecule has 0 saturated heterocycles. The number of anilines is 1. The number of nitrogens with two attached hydrogens (primary N) is 2. The Morgan fingerprint density at radius 2 is 2.25 bits per heavy atom. The predicted octanol–water partition coefficient (Wildman–Crippen LogP) is 0.684. The van der Waals surface area contributed by atoms with E-state index in [1.807, 2.05) is 0 Å². The van der Waals surface area contributed by atoms with Gasteiger partial charge in [0.25, 0.3) is 0 Å². The van der Waals surface area contributed by atoms with E-state index in [0.717, 1.165) is 5.56 Å². The Morgan fingerprint density at radius 1 is 1.50 bits per heavy atom. The van der Waals surface area contributed by atoms with Crippen LogP contribution in [0.2, 0.25) is 5.15 Å². The average Bonchev–Trinajstić information content (AvgIpc) is 2.07. The van der Waals surface area contributed by atoms with Crippen LogP contribution in [0.1, 0.15) is 5.56 Å². The van der Waals surface area contributed by atoms with Crippen LogP contribution in [0, 0.1) is 0 Å². The van der Waals surface area contributed by atoms with Gasteiger partial charge in [-0.1, -0.05) is 23.8 Å². The van der Waals surface area contributed by atoms with Crippen LogP contribution in [-0.2, 0) is 0 Å². The monoisotopic (exact) mass is 184 g/mol. The Hall–Kier alpha value is -1.13. The summed E-state index contributed by atoms with van der Waals surface area (Å²) in [6.45, 7) is 0.458. The molecule has 0 atom stereocenters. The minimum atomic E-state index is 0.320. The summed E-state index contributed by atoms with van der Waals surface area (Å²) in [6.07, 6.45) is 3.53. The zero-order chi connectivity index (χ0) is 8.97. The van der Waals surface area contributed by atoms with Crippen LogP contribution in [0.15, 0.2) is 12.1 Å². The topological polar surface area (TPSA) is 77.8 Å². The first-order valence-corrected chi connectivity index (χ1v) is 3.77. The third kappa shape index (κ3) is 2.18. The highest BCUT2D eigenvalue weighted by Crippen LogP contribution is 2.13. The molecule has 0 radical (unpaired) electrons. The van der Waals surface area contributed by atoms with E-state index in [-0.39, 0.29) is 0 Å². The van der Waals surface area contributed by atoms with Crippen molar-refractivity contribution in [3.8, 4) is 0 Å². The first kappa shape index (κ1) is 8.96. The molecule has 0 amide bonds. The highest BCUT2D eigenvalue weighted by Gasteiger charge is 1.97.